The van der Waals surface area contributed by atoms with Crippen LogP contribution < -0.4 is 0 Å². The van der Waals surface area contributed by atoms with Crippen molar-refractivity contribution < 1.29 is 26.2 Å². The third-order valence-electron chi connectivity index (χ3n) is 1.01. The largest absolute Gasteiger partial charge is 2.00 e. The fraction of sp³-hybridized carbons (Fsp3) is 0. The fourth-order valence-electron chi connectivity index (χ4n) is 0.569. The summed E-state index contributed by atoms with van der Waals surface area (Å²) in [6, 6.07) is 10.0. The monoisotopic (exact) mass is 282 g/mol. The maximum Gasteiger partial charge on any atom is 2.00 e. The van der Waals surface area contributed by atoms with Crippen LogP contribution >= 0.6 is 0 Å². The number of hydrogen-bond acceptors (Lipinski definition) is 0. The van der Waals surface area contributed by atoms with E-state index in [9.17, 15) is 0 Å². The SMILES string of the molecule is C1=C[As-]C=C1.[Zr+2].c1cc[cH-]c1. The Morgan fingerprint density at radius 2 is 1.45 bits per heavy atom. The van der Waals surface area contributed by atoms with E-state index in [0.717, 1.165) is 0 Å². The molecule has 0 nitrogen and oxygen atoms in total. The van der Waals surface area contributed by atoms with Crippen molar-refractivity contribution in [2.24, 2.45) is 0 Å². The molecule has 54 valence electrons. The van der Waals surface area contributed by atoms with Crippen LogP contribution in [0.2, 0.25) is 0 Å². The van der Waals surface area contributed by atoms with E-state index in [1.807, 2.05) is 30.3 Å². The minimum Gasteiger partial charge on any atom is -0.214 e. The van der Waals surface area contributed by atoms with Crippen molar-refractivity contribution in [2.45, 2.75) is 0 Å². The van der Waals surface area contributed by atoms with Crippen LogP contribution in [0.3, 0.4) is 0 Å². The Morgan fingerprint density at radius 3 is 1.64 bits per heavy atom. The van der Waals surface area contributed by atoms with Gasteiger partial charge in [-0.3, -0.25) is 0 Å². The van der Waals surface area contributed by atoms with Gasteiger partial charge in [-0.1, -0.05) is 0 Å². The second-order valence-corrected chi connectivity index (χ2v) is 3.67. The minimum absolute atomic E-state index is 0. The molecule has 0 N–H and O–H groups in total. The van der Waals surface area contributed by atoms with Gasteiger partial charge >= 0.3 is 63.8 Å². The molecule has 0 aromatic heterocycles. The van der Waals surface area contributed by atoms with Gasteiger partial charge in [-0.15, -0.1) is 0 Å². The first-order chi connectivity index (χ1) is 5.00. The molecule has 0 saturated carbocycles. The van der Waals surface area contributed by atoms with Crippen LogP contribution in [0, 0.1) is 0 Å². The first-order valence-electron chi connectivity index (χ1n) is 3.18. The summed E-state index contributed by atoms with van der Waals surface area (Å²) in [5, 5.41) is 0. The molecule has 0 spiro atoms. The van der Waals surface area contributed by atoms with Gasteiger partial charge in [-0.25, -0.2) is 12.1 Å². The summed E-state index contributed by atoms with van der Waals surface area (Å²) in [7, 11) is 0. The average molecular weight is 283 g/mol. The Hall–Kier alpha value is 0.272. The normalized spacial score (nSPS) is 11.6. The van der Waals surface area contributed by atoms with Gasteiger partial charge < -0.3 is 0 Å². The molecule has 2 rings (SSSR count). The molecule has 2 heteroatoms. The fourth-order valence-corrected chi connectivity index (χ4v) is 1.61. The van der Waals surface area contributed by atoms with E-state index in [0.29, 0.717) is 15.8 Å². The van der Waals surface area contributed by atoms with Crippen LogP contribution in [-0.2, 0) is 26.2 Å². The summed E-state index contributed by atoms with van der Waals surface area (Å²) < 4.78 is 0. The molecule has 11 heavy (non-hydrogen) atoms. The number of rotatable bonds is 0. The Bertz CT molecular complexity index is 172. The predicted octanol–water partition coefficient (Wildman–Crippen LogP) is 2.13. The zero-order valence-electron chi connectivity index (χ0n) is 6.14. The van der Waals surface area contributed by atoms with E-state index in [1.54, 1.807) is 0 Å². The second-order valence-electron chi connectivity index (χ2n) is 1.79. The third kappa shape index (κ3) is 6.66. The van der Waals surface area contributed by atoms with Crippen LogP contribution in [0.1, 0.15) is 0 Å². The van der Waals surface area contributed by atoms with Crippen LogP contribution in [0.25, 0.3) is 0 Å². The molecular formula is C9H9AsZr. The van der Waals surface area contributed by atoms with Gasteiger partial charge in [-0.05, 0) is 0 Å². The van der Waals surface area contributed by atoms with Crippen molar-refractivity contribution in [2.75, 3.05) is 0 Å². The molecule has 0 saturated heterocycles. The quantitative estimate of drug-likeness (QED) is 0.505. The molecule has 0 aliphatic carbocycles. The van der Waals surface area contributed by atoms with E-state index in [-0.39, 0.29) is 26.2 Å². The summed E-state index contributed by atoms with van der Waals surface area (Å²) in [6.45, 7) is 0. The molecule has 0 atom stereocenters. The van der Waals surface area contributed by atoms with E-state index >= 15 is 0 Å². The van der Waals surface area contributed by atoms with Crippen molar-refractivity contribution in [1.82, 2.24) is 0 Å². The molecule has 0 unspecified atom stereocenters. The summed E-state index contributed by atoms with van der Waals surface area (Å²) >= 11 is 0.493. The average Bonchev–Trinajstić information content (AvgIpc) is 2.67. The van der Waals surface area contributed by atoms with E-state index < -0.39 is 0 Å². The summed E-state index contributed by atoms with van der Waals surface area (Å²) in [5.74, 6) is 0. The topological polar surface area (TPSA) is 0 Å². The van der Waals surface area contributed by atoms with Gasteiger partial charge in [0.25, 0.3) is 0 Å². The third-order valence-corrected chi connectivity index (χ3v) is 2.46. The van der Waals surface area contributed by atoms with E-state index in [1.165, 1.54) is 0 Å². The first kappa shape index (κ1) is 11.3. The smallest absolute Gasteiger partial charge is 0.214 e. The Morgan fingerprint density at radius 1 is 0.909 bits per heavy atom. The molecule has 0 bridgehead atoms. The molecule has 0 fully saturated rings. The van der Waals surface area contributed by atoms with Crippen molar-refractivity contribution in [3.8, 4) is 0 Å². The molecule has 1 heterocycles. The van der Waals surface area contributed by atoms with Gasteiger partial charge in [0.1, 0.15) is 0 Å². The van der Waals surface area contributed by atoms with E-state index in [2.05, 4.69) is 21.9 Å². The minimum atomic E-state index is 0. The predicted molar refractivity (Wildman–Crippen MR) is 46.1 cm³/mol. The van der Waals surface area contributed by atoms with Crippen LogP contribution in [0.5, 0.6) is 0 Å². The Labute approximate surface area is 93.6 Å². The van der Waals surface area contributed by atoms with Crippen LogP contribution in [0.15, 0.2) is 52.2 Å². The molecule has 1 aliphatic rings. The second kappa shape index (κ2) is 8.37. The van der Waals surface area contributed by atoms with Gasteiger partial charge in [0.05, 0.1) is 0 Å². The van der Waals surface area contributed by atoms with Crippen molar-refractivity contribution in [1.29, 1.82) is 0 Å². The number of allylic oxidation sites excluding steroid dienone is 2. The Balaban J connectivity index is 0.000000167. The van der Waals surface area contributed by atoms with Crippen molar-refractivity contribution in [3.63, 3.8) is 0 Å². The zero-order valence-corrected chi connectivity index (χ0v) is 10.5. The molecular weight excluding hydrogens is 274 g/mol. The molecule has 1 aliphatic heterocycles. The van der Waals surface area contributed by atoms with E-state index in [4.69, 9.17) is 0 Å². The molecule has 0 amide bonds. The standard InChI is InChI=1S/C5H5.C4H4As.Zr/c2*1-2-4-5-3-1;/h1-5H;1-4H;/q2*-1;+2. The number of hydrogen-bond donors (Lipinski definition) is 0. The summed E-state index contributed by atoms with van der Waals surface area (Å²) in [6.07, 6.45) is 4.19. The van der Waals surface area contributed by atoms with Crippen LogP contribution in [-0.4, -0.2) is 15.8 Å². The van der Waals surface area contributed by atoms with Gasteiger partial charge in [0.2, 0.25) is 0 Å². The maximum atomic E-state index is 2.22. The van der Waals surface area contributed by atoms with Crippen molar-refractivity contribution >= 4 is 15.8 Å². The molecule has 0 radical (unpaired) electrons. The zero-order chi connectivity index (χ0) is 7.07. The maximum absolute atomic E-state index is 2.22. The van der Waals surface area contributed by atoms with Crippen molar-refractivity contribution in [3.05, 3.63) is 52.2 Å². The van der Waals surface area contributed by atoms with Gasteiger partial charge in [0, 0.05) is 0 Å². The first-order valence-corrected chi connectivity index (χ1v) is 5.35. The van der Waals surface area contributed by atoms with Gasteiger partial charge in [0.15, 0.2) is 0 Å². The Kier molecular flexibility index (Phi) is 8.58. The summed E-state index contributed by atoms with van der Waals surface area (Å²) in [4.78, 5) is 4.44. The molecule has 1 aromatic carbocycles. The summed E-state index contributed by atoms with van der Waals surface area (Å²) in [5.41, 5.74) is 0. The van der Waals surface area contributed by atoms with Crippen LogP contribution in [0.4, 0.5) is 0 Å². The molecule has 1 aromatic rings. The van der Waals surface area contributed by atoms with Gasteiger partial charge in [-0.2, -0.15) is 18.2 Å².